The average Bonchev–Trinajstić information content (AvgIpc) is 2.28. The maximum atomic E-state index is 9.29. The van der Waals surface area contributed by atoms with Crippen molar-refractivity contribution in [2.24, 2.45) is 0 Å². The number of hydrogen-bond donors (Lipinski definition) is 1. The van der Waals surface area contributed by atoms with Gasteiger partial charge in [0.15, 0.2) is 0 Å². The Hall–Kier alpha value is -0.800. The summed E-state index contributed by atoms with van der Waals surface area (Å²) >= 11 is 5.84. The fourth-order valence-electron chi connectivity index (χ4n) is 1.23. The van der Waals surface area contributed by atoms with Crippen LogP contribution < -0.4 is 4.90 Å². The standard InChI is InChI=1S/C11H17ClN2O/c1-11(2,8-15)14(3)10-9(7-12)5-4-6-13-10/h4-6,15H,7-8H2,1-3H3. The van der Waals surface area contributed by atoms with Crippen LogP contribution in [0.4, 0.5) is 5.82 Å². The molecule has 15 heavy (non-hydrogen) atoms. The van der Waals surface area contributed by atoms with Gasteiger partial charge in [-0.1, -0.05) is 6.07 Å². The van der Waals surface area contributed by atoms with E-state index in [0.717, 1.165) is 11.4 Å². The Balaban J connectivity index is 3.05. The lowest BCUT2D eigenvalue weighted by atomic mass is 10.0. The van der Waals surface area contributed by atoms with Gasteiger partial charge in [0, 0.05) is 18.8 Å². The van der Waals surface area contributed by atoms with E-state index in [4.69, 9.17) is 11.6 Å². The molecule has 0 radical (unpaired) electrons. The predicted molar refractivity (Wildman–Crippen MR) is 63.4 cm³/mol. The van der Waals surface area contributed by atoms with Crippen LogP contribution in [0.25, 0.3) is 0 Å². The van der Waals surface area contributed by atoms with E-state index in [1.807, 2.05) is 37.9 Å². The quantitative estimate of drug-likeness (QED) is 0.802. The predicted octanol–water partition coefficient (Wildman–Crippen LogP) is 2.03. The second-order valence-corrected chi connectivity index (χ2v) is 4.42. The molecule has 0 unspecified atom stereocenters. The number of halogens is 1. The molecule has 0 aliphatic heterocycles. The lowest BCUT2D eigenvalue weighted by Crippen LogP contribution is -2.45. The van der Waals surface area contributed by atoms with E-state index >= 15 is 0 Å². The number of pyridine rings is 1. The van der Waals surface area contributed by atoms with Gasteiger partial charge < -0.3 is 10.0 Å². The minimum absolute atomic E-state index is 0.0712. The third-order valence-corrected chi connectivity index (χ3v) is 2.91. The number of nitrogens with zero attached hydrogens (tertiary/aromatic N) is 2. The summed E-state index contributed by atoms with van der Waals surface area (Å²) in [5.41, 5.74) is 0.637. The number of aliphatic hydroxyl groups excluding tert-OH is 1. The van der Waals surface area contributed by atoms with Crippen molar-refractivity contribution in [3.05, 3.63) is 23.9 Å². The molecule has 0 saturated carbocycles. The number of rotatable bonds is 4. The summed E-state index contributed by atoms with van der Waals surface area (Å²) in [5.74, 6) is 1.25. The zero-order valence-corrected chi connectivity index (χ0v) is 10.1. The van der Waals surface area contributed by atoms with Crippen molar-refractivity contribution >= 4 is 17.4 Å². The first-order valence-corrected chi connectivity index (χ1v) is 5.41. The summed E-state index contributed by atoms with van der Waals surface area (Å²) < 4.78 is 0. The molecule has 84 valence electrons. The van der Waals surface area contributed by atoms with Gasteiger partial charge in [-0.3, -0.25) is 0 Å². The molecule has 0 amide bonds. The first kappa shape index (κ1) is 12.3. The lowest BCUT2D eigenvalue weighted by Gasteiger charge is -2.35. The molecule has 0 fully saturated rings. The third kappa shape index (κ3) is 2.61. The summed E-state index contributed by atoms with van der Waals surface area (Å²) in [6.07, 6.45) is 1.73. The average molecular weight is 229 g/mol. The van der Waals surface area contributed by atoms with Crippen LogP contribution in [0.2, 0.25) is 0 Å². The van der Waals surface area contributed by atoms with Gasteiger partial charge in [-0.2, -0.15) is 0 Å². The highest BCUT2D eigenvalue weighted by atomic mass is 35.5. The second kappa shape index (κ2) is 4.81. The molecule has 1 N–H and O–H groups in total. The normalized spacial score (nSPS) is 11.5. The van der Waals surface area contributed by atoms with E-state index in [2.05, 4.69) is 4.98 Å². The molecule has 0 aliphatic carbocycles. The zero-order chi connectivity index (χ0) is 11.5. The van der Waals surface area contributed by atoms with E-state index in [1.165, 1.54) is 0 Å². The van der Waals surface area contributed by atoms with E-state index in [-0.39, 0.29) is 12.1 Å². The molecule has 3 nitrogen and oxygen atoms in total. The van der Waals surface area contributed by atoms with Crippen LogP contribution in [0.5, 0.6) is 0 Å². The van der Waals surface area contributed by atoms with E-state index < -0.39 is 0 Å². The highest BCUT2D eigenvalue weighted by molar-refractivity contribution is 6.17. The summed E-state index contributed by atoms with van der Waals surface area (Å²) in [4.78, 5) is 6.24. The Morgan fingerprint density at radius 1 is 1.53 bits per heavy atom. The monoisotopic (exact) mass is 228 g/mol. The Morgan fingerprint density at radius 2 is 2.20 bits per heavy atom. The number of aromatic nitrogens is 1. The minimum Gasteiger partial charge on any atom is -0.394 e. The molecule has 1 rings (SSSR count). The van der Waals surface area contributed by atoms with Crippen LogP contribution in [0.1, 0.15) is 19.4 Å². The Labute approximate surface area is 95.7 Å². The van der Waals surface area contributed by atoms with Gasteiger partial charge in [-0.25, -0.2) is 4.98 Å². The van der Waals surface area contributed by atoms with Crippen LogP contribution >= 0.6 is 11.6 Å². The first-order valence-electron chi connectivity index (χ1n) is 4.87. The van der Waals surface area contributed by atoms with Crippen molar-refractivity contribution < 1.29 is 5.11 Å². The van der Waals surface area contributed by atoms with Crippen molar-refractivity contribution in [2.45, 2.75) is 25.3 Å². The van der Waals surface area contributed by atoms with Crippen LogP contribution in [-0.2, 0) is 5.88 Å². The summed E-state index contributed by atoms with van der Waals surface area (Å²) in [5, 5.41) is 9.29. The summed E-state index contributed by atoms with van der Waals surface area (Å²) in [7, 11) is 1.91. The van der Waals surface area contributed by atoms with Crippen molar-refractivity contribution in [1.82, 2.24) is 4.98 Å². The highest BCUT2D eigenvalue weighted by Crippen LogP contribution is 2.24. The Bertz CT molecular complexity index is 328. The van der Waals surface area contributed by atoms with Crippen molar-refractivity contribution in [2.75, 3.05) is 18.6 Å². The maximum Gasteiger partial charge on any atom is 0.133 e. The van der Waals surface area contributed by atoms with Crippen LogP contribution in [-0.4, -0.2) is 29.3 Å². The largest absolute Gasteiger partial charge is 0.394 e. The smallest absolute Gasteiger partial charge is 0.133 e. The van der Waals surface area contributed by atoms with Crippen LogP contribution in [0.3, 0.4) is 0 Å². The van der Waals surface area contributed by atoms with Crippen molar-refractivity contribution in [3.8, 4) is 0 Å². The number of hydrogen-bond acceptors (Lipinski definition) is 3. The molecule has 4 heteroatoms. The molecule has 0 spiro atoms. The molecular formula is C11H17ClN2O. The number of anilines is 1. The topological polar surface area (TPSA) is 36.4 Å². The number of likely N-dealkylation sites (N-methyl/N-ethyl adjacent to an activating group) is 1. The molecule has 1 aromatic rings. The molecule has 1 aromatic heterocycles. The van der Waals surface area contributed by atoms with Gasteiger partial charge in [0.25, 0.3) is 0 Å². The van der Waals surface area contributed by atoms with Gasteiger partial charge in [0.1, 0.15) is 5.82 Å². The van der Waals surface area contributed by atoms with E-state index in [1.54, 1.807) is 6.20 Å². The van der Waals surface area contributed by atoms with Gasteiger partial charge in [0.05, 0.1) is 18.0 Å². The summed E-state index contributed by atoms with van der Waals surface area (Å²) in [6.45, 7) is 3.99. The highest BCUT2D eigenvalue weighted by Gasteiger charge is 2.24. The molecule has 0 aliphatic rings. The fourth-order valence-corrected chi connectivity index (χ4v) is 1.44. The van der Waals surface area contributed by atoms with Gasteiger partial charge in [-0.15, -0.1) is 11.6 Å². The van der Waals surface area contributed by atoms with Crippen LogP contribution in [0.15, 0.2) is 18.3 Å². The number of alkyl halides is 1. The van der Waals surface area contributed by atoms with E-state index in [9.17, 15) is 5.11 Å². The van der Waals surface area contributed by atoms with Crippen molar-refractivity contribution in [1.29, 1.82) is 0 Å². The lowest BCUT2D eigenvalue weighted by molar-refractivity contribution is 0.215. The molecule has 1 heterocycles. The zero-order valence-electron chi connectivity index (χ0n) is 9.37. The van der Waals surface area contributed by atoms with E-state index in [0.29, 0.717) is 5.88 Å². The SMILES string of the molecule is CN(c1ncccc1CCl)C(C)(C)CO. The molecule has 0 atom stereocenters. The van der Waals surface area contributed by atoms with Gasteiger partial charge in [0.2, 0.25) is 0 Å². The van der Waals surface area contributed by atoms with Gasteiger partial charge >= 0.3 is 0 Å². The molecular weight excluding hydrogens is 212 g/mol. The van der Waals surface area contributed by atoms with Crippen LogP contribution in [0, 0.1) is 0 Å². The summed E-state index contributed by atoms with van der Waals surface area (Å²) in [6, 6.07) is 3.81. The molecule has 0 bridgehead atoms. The second-order valence-electron chi connectivity index (χ2n) is 4.15. The fraction of sp³-hybridized carbons (Fsp3) is 0.545. The molecule has 0 aromatic carbocycles. The number of aliphatic hydroxyl groups is 1. The Morgan fingerprint density at radius 3 is 2.73 bits per heavy atom. The van der Waals surface area contributed by atoms with Gasteiger partial charge in [-0.05, 0) is 19.9 Å². The minimum atomic E-state index is -0.338. The molecule has 0 saturated heterocycles. The third-order valence-electron chi connectivity index (χ3n) is 2.62. The Kier molecular flexibility index (Phi) is 3.94. The van der Waals surface area contributed by atoms with Crippen molar-refractivity contribution in [3.63, 3.8) is 0 Å². The first-order chi connectivity index (χ1) is 7.03. The maximum absolute atomic E-state index is 9.29.